The van der Waals surface area contributed by atoms with Gasteiger partial charge in [0.25, 0.3) is 0 Å². The first kappa shape index (κ1) is 7.28. The molecule has 0 spiro atoms. The van der Waals surface area contributed by atoms with Crippen LogP contribution in [-0.4, -0.2) is 25.2 Å². The summed E-state index contributed by atoms with van der Waals surface area (Å²) in [4.78, 5) is 10.4. The molecule has 0 aromatic carbocycles. The summed E-state index contributed by atoms with van der Waals surface area (Å²) in [5, 5.41) is 3.08. The average Bonchev–Trinajstić information content (AvgIpc) is 1.88. The number of rotatable bonds is 1. The van der Waals surface area contributed by atoms with Gasteiger partial charge in [0, 0.05) is 20.0 Å². The molecule has 0 saturated carbocycles. The molecule has 10 heavy (non-hydrogen) atoms. The van der Waals surface area contributed by atoms with Crippen LogP contribution in [0.5, 0.6) is 0 Å². The van der Waals surface area contributed by atoms with Crippen molar-refractivity contribution < 1.29 is 9.53 Å². The number of hydrogen-bond donors (Lipinski definition) is 1. The Labute approximate surface area is 60.1 Å². The standard InChI is InChI=1S/C7H11NO2/c1-6(9)10-7-3-2-4-8-5-7/h2-3,7-8H,4-5H2,1H3/t7-/m1/s1. The highest BCUT2D eigenvalue weighted by molar-refractivity contribution is 5.66. The minimum atomic E-state index is -0.224. The van der Waals surface area contributed by atoms with Crippen molar-refractivity contribution in [3.8, 4) is 0 Å². The van der Waals surface area contributed by atoms with Gasteiger partial charge in [0.2, 0.25) is 0 Å². The summed E-state index contributed by atoms with van der Waals surface area (Å²) >= 11 is 0. The van der Waals surface area contributed by atoms with Crippen molar-refractivity contribution in [1.29, 1.82) is 0 Å². The number of hydrogen-bond acceptors (Lipinski definition) is 3. The van der Waals surface area contributed by atoms with Gasteiger partial charge in [0.1, 0.15) is 6.10 Å². The lowest BCUT2D eigenvalue weighted by Gasteiger charge is -2.16. The normalized spacial score (nSPS) is 24.3. The number of carbonyl (C=O) groups is 1. The zero-order valence-corrected chi connectivity index (χ0v) is 5.96. The highest BCUT2D eigenvalue weighted by Gasteiger charge is 2.09. The maximum atomic E-state index is 10.4. The summed E-state index contributed by atoms with van der Waals surface area (Å²) in [5.41, 5.74) is 0. The van der Waals surface area contributed by atoms with E-state index >= 15 is 0 Å². The minimum Gasteiger partial charge on any atom is -0.457 e. The molecule has 0 unspecified atom stereocenters. The summed E-state index contributed by atoms with van der Waals surface area (Å²) in [5.74, 6) is -0.224. The Bertz CT molecular complexity index is 154. The molecule has 1 rings (SSSR count). The molecule has 1 atom stereocenters. The third-order valence-electron chi connectivity index (χ3n) is 1.28. The fourth-order valence-corrected chi connectivity index (χ4v) is 0.891. The summed E-state index contributed by atoms with van der Waals surface area (Å²) in [6, 6.07) is 0. The number of ether oxygens (including phenoxy) is 1. The Kier molecular flexibility index (Phi) is 2.45. The maximum Gasteiger partial charge on any atom is 0.303 e. The van der Waals surface area contributed by atoms with E-state index in [1.54, 1.807) is 0 Å². The highest BCUT2D eigenvalue weighted by atomic mass is 16.5. The van der Waals surface area contributed by atoms with Gasteiger partial charge in [0.05, 0.1) is 0 Å². The van der Waals surface area contributed by atoms with Crippen molar-refractivity contribution in [1.82, 2.24) is 5.32 Å². The molecule has 1 N–H and O–H groups in total. The molecule has 0 saturated heterocycles. The molecule has 0 radical (unpaired) electrons. The second-order valence-corrected chi connectivity index (χ2v) is 2.23. The van der Waals surface area contributed by atoms with Crippen LogP contribution in [0.4, 0.5) is 0 Å². The van der Waals surface area contributed by atoms with E-state index in [0.717, 1.165) is 13.1 Å². The Hall–Kier alpha value is -0.830. The van der Waals surface area contributed by atoms with Gasteiger partial charge in [-0.1, -0.05) is 6.08 Å². The molecule has 3 nitrogen and oxygen atoms in total. The monoisotopic (exact) mass is 141 g/mol. The van der Waals surface area contributed by atoms with E-state index in [2.05, 4.69) is 5.32 Å². The molecule has 0 fully saturated rings. The lowest BCUT2D eigenvalue weighted by Crippen LogP contribution is -2.32. The van der Waals surface area contributed by atoms with Crippen molar-refractivity contribution in [2.24, 2.45) is 0 Å². The first-order valence-corrected chi connectivity index (χ1v) is 3.33. The van der Waals surface area contributed by atoms with Gasteiger partial charge >= 0.3 is 5.97 Å². The molecule has 0 aromatic heterocycles. The first-order valence-electron chi connectivity index (χ1n) is 3.33. The van der Waals surface area contributed by atoms with E-state index < -0.39 is 0 Å². The van der Waals surface area contributed by atoms with Gasteiger partial charge in [-0.15, -0.1) is 0 Å². The average molecular weight is 141 g/mol. The van der Waals surface area contributed by atoms with Crippen LogP contribution in [-0.2, 0) is 9.53 Å². The van der Waals surface area contributed by atoms with Crippen molar-refractivity contribution in [3.05, 3.63) is 12.2 Å². The number of esters is 1. The molecule has 1 aliphatic heterocycles. The summed E-state index contributed by atoms with van der Waals surface area (Å²) < 4.78 is 4.90. The van der Waals surface area contributed by atoms with Crippen LogP contribution in [0.25, 0.3) is 0 Å². The molecule has 56 valence electrons. The fourth-order valence-electron chi connectivity index (χ4n) is 0.891. The van der Waals surface area contributed by atoms with E-state index in [0.29, 0.717) is 0 Å². The lowest BCUT2D eigenvalue weighted by molar-refractivity contribution is -0.144. The highest BCUT2D eigenvalue weighted by Crippen LogP contribution is 1.97. The zero-order chi connectivity index (χ0) is 7.40. The van der Waals surface area contributed by atoms with Crippen molar-refractivity contribution in [3.63, 3.8) is 0 Å². The largest absolute Gasteiger partial charge is 0.457 e. The maximum absolute atomic E-state index is 10.4. The Morgan fingerprint density at radius 3 is 3.10 bits per heavy atom. The molecule has 0 aliphatic carbocycles. The Balaban J connectivity index is 2.33. The van der Waals surface area contributed by atoms with Gasteiger partial charge < -0.3 is 10.1 Å². The molecule has 0 aromatic rings. The summed E-state index contributed by atoms with van der Waals surface area (Å²) in [6.07, 6.45) is 3.79. The van der Waals surface area contributed by atoms with Crippen LogP contribution >= 0.6 is 0 Å². The van der Waals surface area contributed by atoms with Crippen molar-refractivity contribution in [2.45, 2.75) is 13.0 Å². The fraction of sp³-hybridized carbons (Fsp3) is 0.571. The van der Waals surface area contributed by atoms with Gasteiger partial charge in [-0.3, -0.25) is 4.79 Å². The molecule has 0 amide bonds. The molecule has 1 aliphatic rings. The third-order valence-corrected chi connectivity index (χ3v) is 1.28. The SMILES string of the molecule is CC(=O)O[C@@H]1C=CCNC1. The molecule has 1 heterocycles. The van der Waals surface area contributed by atoms with Crippen LogP contribution < -0.4 is 5.32 Å². The summed E-state index contributed by atoms with van der Waals surface area (Å²) in [7, 11) is 0. The number of carbonyl (C=O) groups excluding carboxylic acids is 1. The van der Waals surface area contributed by atoms with Gasteiger partial charge in [0.15, 0.2) is 0 Å². The smallest absolute Gasteiger partial charge is 0.303 e. The second kappa shape index (κ2) is 3.37. The summed E-state index contributed by atoms with van der Waals surface area (Å²) in [6.45, 7) is 3.02. The van der Waals surface area contributed by atoms with Gasteiger partial charge in [-0.25, -0.2) is 0 Å². The van der Waals surface area contributed by atoms with Crippen LogP contribution in [0, 0.1) is 0 Å². The van der Waals surface area contributed by atoms with E-state index in [-0.39, 0.29) is 12.1 Å². The minimum absolute atomic E-state index is 0.0637. The quantitative estimate of drug-likeness (QED) is 0.415. The van der Waals surface area contributed by atoms with E-state index in [1.165, 1.54) is 6.92 Å². The lowest BCUT2D eigenvalue weighted by atomic mass is 10.2. The van der Waals surface area contributed by atoms with Crippen LogP contribution in [0.3, 0.4) is 0 Å². The predicted octanol–water partition coefficient (Wildman–Crippen LogP) is 0.0775. The number of nitrogens with one attached hydrogen (secondary N) is 1. The van der Waals surface area contributed by atoms with E-state index in [4.69, 9.17) is 4.74 Å². The molecule has 0 bridgehead atoms. The van der Waals surface area contributed by atoms with Gasteiger partial charge in [-0.2, -0.15) is 0 Å². The van der Waals surface area contributed by atoms with Crippen molar-refractivity contribution >= 4 is 5.97 Å². The van der Waals surface area contributed by atoms with Crippen molar-refractivity contribution in [2.75, 3.05) is 13.1 Å². The second-order valence-electron chi connectivity index (χ2n) is 2.23. The van der Waals surface area contributed by atoms with Crippen LogP contribution in [0.15, 0.2) is 12.2 Å². The third kappa shape index (κ3) is 2.19. The molecular weight excluding hydrogens is 130 g/mol. The van der Waals surface area contributed by atoms with E-state index in [1.807, 2.05) is 12.2 Å². The molecular formula is C7H11NO2. The van der Waals surface area contributed by atoms with Gasteiger partial charge in [-0.05, 0) is 6.08 Å². The topological polar surface area (TPSA) is 38.3 Å². The van der Waals surface area contributed by atoms with E-state index in [9.17, 15) is 4.79 Å². The first-order chi connectivity index (χ1) is 4.79. The van der Waals surface area contributed by atoms with Crippen LogP contribution in [0.2, 0.25) is 0 Å². The Morgan fingerprint density at radius 1 is 1.80 bits per heavy atom. The zero-order valence-electron chi connectivity index (χ0n) is 5.96. The van der Waals surface area contributed by atoms with Crippen LogP contribution in [0.1, 0.15) is 6.92 Å². The predicted molar refractivity (Wildman–Crippen MR) is 37.6 cm³/mol. The Morgan fingerprint density at radius 2 is 2.60 bits per heavy atom. The molecule has 3 heteroatoms.